The maximum Gasteiger partial charge on any atom is 0.413 e. The van der Waals surface area contributed by atoms with Crippen LogP contribution in [-0.2, 0) is 14.8 Å². The standard InChI is InChI=1S/C19H23N7O4S/c1-3-30-19(27)24-17-22-15-5-4-13(10-16(15)23-17)14-11-20-18(21-12-14)25-6-8-26(9-7-25)31(2,28)29/h4-5,10-12H,3,6-9H2,1-2H3,(H2,22,23,24,27). The summed E-state index contributed by atoms with van der Waals surface area (Å²) < 4.78 is 29.6. The minimum absolute atomic E-state index is 0.277. The molecule has 164 valence electrons. The summed E-state index contributed by atoms with van der Waals surface area (Å²) in [4.78, 5) is 29.8. The van der Waals surface area contributed by atoms with Crippen molar-refractivity contribution in [2.45, 2.75) is 6.92 Å². The van der Waals surface area contributed by atoms with Gasteiger partial charge in [-0.2, -0.15) is 4.31 Å². The van der Waals surface area contributed by atoms with E-state index in [0.29, 0.717) is 43.6 Å². The Morgan fingerprint density at radius 2 is 1.87 bits per heavy atom. The molecule has 4 rings (SSSR count). The van der Waals surface area contributed by atoms with E-state index in [2.05, 4.69) is 25.3 Å². The number of rotatable bonds is 5. The number of nitrogens with zero attached hydrogens (tertiary/aromatic N) is 5. The molecule has 0 saturated carbocycles. The Bertz CT molecular complexity index is 1190. The number of hydrogen-bond donors (Lipinski definition) is 2. The first-order valence-corrected chi connectivity index (χ1v) is 11.6. The van der Waals surface area contributed by atoms with Crippen molar-refractivity contribution in [3.05, 3.63) is 30.6 Å². The molecular weight excluding hydrogens is 422 g/mol. The molecule has 0 radical (unpaired) electrons. The van der Waals surface area contributed by atoms with Crippen LogP contribution in [0.2, 0.25) is 0 Å². The number of aromatic nitrogens is 4. The number of sulfonamides is 1. The number of anilines is 2. The molecule has 0 atom stereocenters. The molecule has 2 N–H and O–H groups in total. The fourth-order valence-electron chi connectivity index (χ4n) is 3.37. The molecule has 1 aromatic carbocycles. The smallest absolute Gasteiger partial charge is 0.413 e. The Morgan fingerprint density at radius 3 is 2.52 bits per heavy atom. The lowest BCUT2D eigenvalue weighted by molar-refractivity contribution is 0.167. The number of benzene rings is 1. The van der Waals surface area contributed by atoms with Crippen molar-refractivity contribution < 1.29 is 17.9 Å². The summed E-state index contributed by atoms with van der Waals surface area (Å²) >= 11 is 0. The summed E-state index contributed by atoms with van der Waals surface area (Å²) in [5, 5.41) is 2.55. The number of carbonyl (C=O) groups excluding carboxylic acids is 1. The normalized spacial score (nSPS) is 15.2. The van der Waals surface area contributed by atoms with Crippen molar-refractivity contribution in [3.63, 3.8) is 0 Å². The highest BCUT2D eigenvalue weighted by molar-refractivity contribution is 7.88. The number of ether oxygens (including phenoxy) is 1. The van der Waals surface area contributed by atoms with E-state index in [9.17, 15) is 13.2 Å². The summed E-state index contributed by atoms with van der Waals surface area (Å²) in [7, 11) is -3.17. The lowest BCUT2D eigenvalue weighted by Crippen LogP contribution is -2.48. The lowest BCUT2D eigenvalue weighted by atomic mass is 10.1. The van der Waals surface area contributed by atoms with E-state index in [1.165, 1.54) is 10.6 Å². The Balaban J connectivity index is 1.47. The zero-order chi connectivity index (χ0) is 22.0. The number of hydrogen-bond acceptors (Lipinski definition) is 8. The molecule has 0 unspecified atom stereocenters. The van der Waals surface area contributed by atoms with Gasteiger partial charge in [-0.25, -0.2) is 28.2 Å². The SMILES string of the molecule is CCOC(=O)Nc1nc2ccc(-c3cnc(N4CCN(S(C)(=O)=O)CC4)nc3)cc2[nH]1. The monoisotopic (exact) mass is 445 g/mol. The van der Waals surface area contributed by atoms with Crippen LogP contribution in [0.15, 0.2) is 30.6 Å². The molecule has 11 nitrogen and oxygen atoms in total. The predicted molar refractivity (Wildman–Crippen MR) is 116 cm³/mol. The maximum absolute atomic E-state index is 11.6. The van der Waals surface area contributed by atoms with Crippen molar-refractivity contribution in [3.8, 4) is 11.1 Å². The summed E-state index contributed by atoms with van der Waals surface area (Å²) in [5.41, 5.74) is 3.18. The summed E-state index contributed by atoms with van der Waals surface area (Å²) in [6.07, 6.45) is 4.13. The lowest BCUT2D eigenvalue weighted by Gasteiger charge is -2.33. The molecule has 3 aromatic rings. The van der Waals surface area contributed by atoms with E-state index in [1.807, 2.05) is 23.1 Å². The van der Waals surface area contributed by atoms with Gasteiger partial charge in [0.25, 0.3) is 0 Å². The zero-order valence-electron chi connectivity index (χ0n) is 17.2. The largest absolute Gasteiger partial charge is 0.450 e. The number of carbonyl (C=O) groups is 1. The second-order valence-corrected chi connectivity index (χ2v) is 9.07. The molecule has 12 heteroatoms. The van der Waals surface area contributed by atoms with Crippen LogP contribution in [0.25, 0.3) is 22.2 Å². The van der Waals surface area contributed by atoms with Gasteiger partial charge in [0.1, 0.15) is 0 Å². The van der Waals surface area contributed by atoms with Gasteiger partial charge in [0.05, 0.1) is 23.9 Å². The van der Waals surface area contributed by atoms with Gasteiger partial charge in [0.2, 0.25) is 21.9 Å². The van der Waals surface area contributed by atoms with E-state index >= 15 is 0 Å². The number of amides is 1. The van der Waals surface area contributed by atoms with Crippen molar-refractivity contribution in [2.75, 3.05) is 49.3 Å². The van der Waals surface area contributed by atoms with Crippen LogP contribution >= 0.6 is 0 Å². The number of piperazine rings is 1. The molecule has 1 saturated heterocycles. The van der Waals surface area contributed by atoms with Crippen LogP contribution < -0.4 is 10.2 Å². The molecule has 31 heavy (non-hydrogen) atoms. The van der Waals surface area contributed by atoms with Gasteiger partial charge in [-0.05, 0) is 24.6 Å². The summed E-state index contributed by atoms with van der Waals surface area (Å²) in [5.74, 6) is 0.880. The van der Waals surface area contributed by atoms with Crippen LogP contribution in [0.4, 0.5) is 16.7 Å². The van der Waals surface area contributed by atoms with Gasteiger partial charge in [-0.3, -0.25) is 5.32 Å². The Hall–Kier alpha value is -3.25. The molecule has 0 bridgehead atoms. The Kier molecular flexibility index (Phi) is 5.74. The second kappa shape index (κ2) is 8.47. The molecule has 1 fully saturated rings. The molecule has 1 aliphatic heterocycles. The van der Waals surface area contributed by atoms with E-state index in [-0.39, 0.29) is 6.61 Å². The van der Waals surface area contributed by atoms with Gasteiger partial charge < -0.3 is 14.6 Å². The number of fused-ring (bicyclic) bond motifs is 1. The van der Waals surface area contributed by atoms with E-state index in [0.717, 1.165) is 16.6 Å². The molecule has 0 spiro atoms. The summed E-state index contributed by atoms with van der Waals surface area (Å²) in [6, 6.07) is 5.65. The zero-order valence-corrected chi connectivity index (χ0v) is 18.0. The van der Waals surface area contributed by atoms with Gasteiger partial charge in [0.15, 0.2) is 0 Å². The van der Waals surface area contributed by atoms with Crippen molar-refractivity contribution in [1.29, 1.82) is 0 Å². The van der Waals surface area contributed by atoms with Crippen LogP contribution in [0.5, 0.6) is 0 Å². The van der Waals surface area contributed by atoms with Gasteiger partial charge >= 0.3 is 6.09 Å². The van der Waals surface area contributed by atoms with Crippen LogP contribution in [0.3, 0.4) is 0 Å². The fourth-order valence-corrected chi connectivity index (χ4v) is 4.19. The third kappa shape index (κ3) is 4.75. The second-order valence-electron chi connectivity index (χ2n) is 7.08. The Labute approximate surface area is 179 Å². The molecule has 0 aliphatic carbocycles. The minimum Gasteiger partial charge on any atom is -0.450 e. The first kappa shape index (κ1) is 21.0. The van der Waals surface area contributed by atoms with E-state index in [4.69, 9.17) is 4.74 Å². The number of imidazole rings is 1. The first-order valence-electron chi connectivity index (χ1n) is 9.79. The van der Waals surface area contributed by atoms with Crippen molar-refractivity contribution >= 4 is 39.0 Å². The highest BCUT2D eigenvalue weighted by Crippen LogP contribution is 2.24. The molecule has 3 heterocycles. The average Bonchev–Trinajstić information content (AvgIpc) is 3.15. The molecular formula is C19H23N7O4S. The minimum atomic E-state index is -3.17. The van der Waals surface area contributed by atoms with Crippen LogP contribution in [0, 0.1) is 0 Å². The third-order valence-corrected chi connectivity index (χ3v) is 6.24. The predicted octanol–water partition coefficient (Wildman–Crippen LogP) is 1.67. The van der Waals surface area contributed by atoms with Gasteiger partial charge in [-0.15, -0.1) is 0 Å². The van der Waals surface area contributed by atoms with Crippen LogP contribution in [-0.4, -0.2) is 77.8 Å². The average molecular weight is 446 g/mol. The topological polar surface area (TPSA) is 133 Å². The highest BCUT2D eigenvalue weighted by Gasteiger charge is 2.24. The fraction of sp³-hybridized carbons (Fsp3) is 0.368. The maximum atomic E-state index is 11.6. The molecule has 1 aliphatic rings. The summed E-state index contributed by atoms with van der Waals surface area (Å²) in [6.45, 7) is 3.93. The Morgan fingerprint density at radius 1 is 1.16 bits per heavy atom. The highest BCUT2D eigenvalue weighted by atomic mass is 32.2. The number of aromatic amines is 1. The molecule has 1 amide bonds. The molecule has 2 aromatic heterocycles. The van der Waals surface area contributed by atoms with Crippen molar-refractivity contribution in [2.24, 2.45) is 0 Å². The van der Waals surface area contributed by atoms with E-state index in [1.54, 1.807) is 19.3 Å². The van der Waals surface area contributed by atoms with Crippen molar-refractivity contribution in [1.82, 2.24) is 24.2 Å². The third-order valence-electron chi connectivity index (χ3n) is 4.94. The van der Waals surface area contributed by atoms with Gasteiger partial charge in [-0.1, -0.05) is 6.07 Å². The van der Waals surface area contributed by atoms with Gasteiger partial charge in [0, 0.05) is 44.1 Å². The number of H-pyrrole nitrogens is 1. The quantitative estimate of drug-likeness (QED) is 0.606. The van der Waals surface area contributed by atoms with E-state index < -0.39 is 16.1 Å². The first-order chi connectivity index (χ1) is 14.8. The number of nitrogens with one attached hydrogen (secondary N) is 2. The van der Waals surface area contributed by atoms with Crippen LogP contribution in [0.1, 0.15) is 6.92 Å².